The lowest BCUT2D eigenvalue weighted by Gasteiger charge is -2.27. The number of benzene rings is 1. The summed E-state index contributed by atoms with van der Waals surface area (Å²) in [5.74, 6) is 2.16. The van der Waals surface area contributed by atoms with E-state index in [0.29, 0.717) is 11.5 Å². The van der Waals surface area contributed by atoms with Crippen molar-refractivity contribution in [3.05, 3.63) is 41.3 Å². The van der Waals surface area contributed by atoms with Crippen LogP contribution in [0.2, 0.25) is 0 Å². The standard InChI is InChI=1S/C21H23N3O3/c1-5-6-15-12(3)19(23-24-20(15)25)14-7-8-17-18(10-14)27-21(22-17)16-9-11(2)26-13(16)4/h7-10,12,15H,5-6H2,1-4H3,(H,24,25)/t12-,15-/m0/s1. The fourth-order valence-electron chi connectivity index (χ4n) is 3.78. The summed E-state index contributed by atoms with van der Waals surface area (Å²) in [6.45, 7) is 7.96. The average Bonchev–Trinajstić information content (AvgIpc) is 3.20. The first-order valence-corrected chi connectivity index (χ1v) is 9.33. The third-order valence-corrected chi connectivity index (χ3v) is 5.21. The van der Waals surface area contributed by atoms with Gasteiger partial charge in [-0.1, -0.05) is 26.3 Å². The van der Waals surface area contributed by atoms with Crippen molar-refractivity contribution in [2.45, 2.75) is 40.5 Å². The van der Waals surface area contributed by atoms with Gasteiger partial charge in [0.15, 0.2) is 5.58 Å². The number of amides is 1. The minimum atomic E-state index is -0.0555. The van der Waals surface area contributed by atoms with Crippen LogP contribution in [0.3, 0.4) is 0 Å². The lowest BCUT2D eigenvalue weighted by molar-refractivity contribution is -0.126. The highest BCUT2D eigenvalue weighted by molar-refractivity contribution is 6.07. The Morgan fingerprint density at radius 1 is 1.19 bits per heavy atom. The summed E-state index contributed by atoms with van der Waals surface area (Å²) in [6.07, 6.45) is 1.81. The fraction of sp³-hybridized carbons (Fsp3) is 0.381. The van der Waals surface area contributed by atoms with E-state index in [4.69, 9.17) is 8.83 Å². The number of nitrogens with zero attached hydrogens (tertiary/aromatic N) is 2. The van der Waals surface area contributed by atoms with E-state index in [-0.39, 0.29) is 17.7 Å². The van der Waals surface area contributed by atoms with Gasteiger partial charge in [-0.25, -0.2) is 10.4 Å². The van der Waals surface area contributed by atoms with Gasteiger partial charge in [0.05, 0.1) is 11.3 Å². The van der Waals surface area contributed by atoms with E-state index >= 15 is 0 Å². The van der Waals surface area contributed by atoms with Gasteiger partial charge in [-0.2, -0.15) is 5.10 Å². The van der Waals surface area contributed by atoms with Crippen LogP contribution < -0.4 is 5.43 Å². The number of oxazole rings is 1. The van der Waals surface area contributed by atoms with Gasteiger partial charge in [-0.3, -0.25) is 4.79 Å². The predicted molar refractivity (Wildman–Crippen MR) is 103 cm³/mol. The van der Waals surface area contributed by atoms with Crippen LogP contribution >= 0.6 is 0 Å². The highest BCUT2D eigenvalue weighted by atomic mass is 16.4. The molecule has 1 aromatic carbocycles. The van der Waals surface area contributed by atoms with Crippen molar-refractivity contribution in [1.29, 1.82) is 0 Å². The molecule has 27 heavy (non-hydrogen) atoms. The van der Waals surface area contributed by atoms with Crippen molar-refractivity contribution in [1.82, 2.24) is 10.4 Å². The van der Waals surface area contributed by atoms with Crippen LogP contribution in [-0.2, 0) is 4.79 Å². The van der Waals surface area contributed by atoms with Crippen molar-refractivity contribution in [2.24, 2.45) is 16.9 Å². The molecule has 1 N–H and O–H groups in total. The molecule has 0 bridgehead atoms. The summed E-state index contributed by atoms with van der Waals surface area (Å²) in [4.78, 5) is 16.7. The Hall–Kier alpha value is -2.89. The number of carbonyl (C=O) groups is 1. The molecule has 0 aliphatic carbocycles. The Bertz CT molecular complexity index is 1040. The number of fused-ring (bicyclic) bond motifs is 1. The zero-order chi connectivity index (χ0) is 19.1. The Labute approximate surface area is 157 Å². The van der Waals surface area contributed by atoms with Crippen LogP contribution in [0.4, 0.5) is 0 Å². The average molecular weight is 365 g/mol. The molecular formula is C21H23N3O3. The second kappa shape index (κ2) is 6.68. The molecule has 4 rings (SSSR count). The van der Waals surface area contributed by atoms with E-state index in [9.17, 15) is 4.79 Å². The van der Waals surface area contributed by atoms with Crippen LogP contribution in [0.15, 0.2) is 38.2 Å². The number of nitrogens with one attached hydrogen (secondary N) is 1. The highest BCUT2D eigenvalue weighted by Gasteiger charge is 2.32. The highest BCUT2D eigenvalue weighted by Crippen LogP contribution is 2.31. The summed E-state index contributed by atoms with van der Waals surface area (Å²) in [6, 6.07) is 7.79. The second-order valence-electron chi connectivity index (χ2n) is 7.19. The number of aryl methyl sites for hydroxylation is 2. The van der Waals surface area contributed by atoms with Gasteiger partial charge in [0.1, 0.15) is 17.0 Å². The number of aromatic nitrogens is 1. The summed E-state index contributed by atoms with van der Waals surface area (Å²) < 4.78 is 11.6. The van der Waals surface area contributed by atoms with E-state index < -0.39 is 0 Å². The zero-order valence-corrected chi connectivity index (χ0v) is 16.0. The van der Waals surface area contributed by atoms with Gasteiger partial charge in [-0.05, 0) is 38.5 Å². The Balaban J connectivity index is 1.71. The molecule has 1 amide bonds. The minimum absolute atomic E-state index is 0.00179. The second-order valence-corrected chi connectivity index (χ2v) is 7.19. The van der Waals surface area contributed by atoms with Gasteiger partial charge in [0.25, 0.3) is 0 Å². The molecule has 0 spiro atoms. The van der Waals surface area contributed by atoms with Crippen molar-refractivity contribution >= 4 is 22.7 Å². The first-order valence-electron chi connectivity index (χ1n) is 9.33. The molecule has 0 saturated heterocycles. The smallest absolute Gasteiger partial charge is 0.243 e. The van der Waals surface area contributed by atoms with Gasteiger partial charge >= 0.3 is 0 Å². The summed E-state index contributed by atoms with van der Waals surface area (Å²) in [5.41, 5.74) is 6.84. The van der Waals surface area contributed by atoms with Crippen LogP contribution in [0, 0.1) is 25.7 Å². The van der Waals surface area contributed by atoms with Crippen LogP contribution in [0.5, 0.6) is 0 Å². The molecule has 0 fully saturated rings. The maximum atomic E-state index is 12.1. The molecule has 0 unspecified atom stereocenters. The predicted octanol–water partition coefficient (Wildman–Crippen LogP) is 4.59. The van der Waals surface area contributed by atoms with Gasteiger partial charge in [0, 0.05) is 17.4 Å². The van der Waals surface area contributed by atoms with E-state index in [1.54, 1.807) is 0 Å². The molecule has 140 valence electrons. The first-order chi connectivity index (χ1) is 13.0. The van der Waals surface area contributed by atoms with Crippen LogP contribution in [0.25, 0.3) is 22.6 Å². The third kappa shape index (κ3) is 3.05. The van der Waals surface area contributed by atoms with Crippen LogP contribution in [0.1, 0.15) is 43.8 Å². The minimum Gasteiger partial charge on any atom is -0.466 e. The number of hydrazone groups is 1. The molecule has 3 heterocycles. The maximum absolute atomic E-state index is 12.1. The lowest BCUT2D eigenvalue weighted by atomic mass is 9.82. The van der Waals surface area contributed by atoms with Gasteiger partial charge < -0.3 is 8.83 Å². The maximum Gasteiger partial charge on any atom is 0.243 e. The lowest BCUT2D eigenvalue weighted by Crippen LogP contribution is -2.40. The largest absolute Gasteiger partial charge is 0.466 e. The molecule has 6 nitrogen and oxygen atoms in total. The SMILES string of the molecule is CCC[C@@H]1C(=O)NN=C(c2ccc3nc(-c4cc(C)oc4C)oc3c2)[C@H]1C. The van der Waals surface area contributed by atoms with E-state index in [1.165, 1.54) is 0 Å². The first kappa shape index (κ1) is 17.5. The fourth-order valence-corrected chi connectivity index (χ4v) is 3.78. The Morgan fingerprint density at radius 2 is 2.00 bits per heavy atom. The molecule has 2 atom stereocenters. The van der Waals surface area contributed by atoms with E-state index in [1.807, 2.05) is 38.1 Å². The molecule has 0 radical (unpaired) electrons. The number of furan rings is 1. The van der Waals surface area contributed by atoms with Crippen molar-refractivity contribution in [3.63, 3.8) is 0 Å². The van der Waals surface area contributed by atoms with E-state index in [0.717, 1.165) is 46.7 Å². The molecule has 1 aliphatic heterocycles. The quantitative estimate of drug-likeness (QED) is 0.733. The number of carbonyl (C=O) groups excluding carboxylic acids is 1. The molecule has 0 saturated carbocycles. The summed E-state index contributed by atoms with van der Waals surface area (Å²) in [5, 5.41) is 4.32. The Morgan fingerprint density at radius 3 is 2.70 bits per heavy atom. The van der Waals surface area contributed by atoms with Crippen molar-refractivity contribution in [2.75, 3.05) is 0 Å². The normalized spacial score (nSPS) is 20.0. The number of hydrogen-bond acceptors (Lipinski definition) is 5. The molecule has 3 aromatic rings. The van der Waals surface area contributed by atoms with Gasteiger partial charge in [-0.15, -0.1) is 0 Å². The molecule has 6 heteroatoms. The topological polar surface area (TPSA) is 80.6 Å². The van der Waals surface area contributed by atoms with Crippen molar-refractivity contribution < 1.29 is 13.6 Å². The Kier molecular flexibility index (Phi) is 4.34. The van der Waals surface area contributed by atoms with E-state index in [2.05, 4.69) is 29.4 Å². The number of hydrogen-bond donors (Lipinski definition) is 1. The summed E-state index contributed by atoms with van der Waals surface area (Å²) in [7, 11) is 0. The number of rotatable bonds is 4. The van der Waals surface area contributed by atoms with Gasteiger partial charge in [0.2, 0.25) is 11.8 Å². The summed E-state index contributed by atoms with van der Waals surface area (Å²) >= 11 is 0. The van der Waals surface area contributed by atoms with Crippen molar-refractivity contribution in [3.8, 4) is 11.5 Å². The molecule has 2 aromatic heterocycles. The van der Waals surface area contributed by atoms with Crippen LogP contribution in [-0.4, -0.2) is 16.6 Å². The third-order valence-electron chi connectivity index (χ3n) is 5.21. The molecular weight excluding hydrogens is 342 g/mol. The molecule has 1 aliphatic rings. The zero-order valence-electron chi connectivity index (χ0n) is 16.0. The monoisotopic (exact) mass is 365 g/mol.